The maximum Gasteiger partial charge on any atom is 0.321 e. The summed E-state index contributed by atoms with van der Waals surface area (Å²) in [7, 11) is 0. The first-order valence-corrected chi connectivity index (χ1v) is 11.2. The Morgan fingerprint density at radius 3 is 2.70 bits per heavy atom. The third kappa shape index (κ3) is 4.90. The van der Waals surface area contributed by atoms with E-state index in [0.717, 1.165) is 0 Å². The highest BCUT2D eigenvalue weighted by atomic mass is 35.5. The number of hydrogen-bond acceptors (Lipinski definition) is 5. The lowest BCUT2D eigenvalue weighted by atomic mass is 10.0. The van der Waals surface area contributed by atoms with E-state index in [2.05, 4.69) is 20.3 Å². The Balaban J connectivity index is 1.61. The van der Waals surface area contributed by atoms with Gasteiger partial charge in [-0.25, -0.2) is 14.8 Å². The molecular weight excluding hydrogens is 491 g/mol. The summed E-state index contributed by atoms with van der Waals surface area (Å²) in [5, 5.41) is 3.53. The Morgan fingerprint density at radius 2 is 1.97 bits per heavy atom. The molecular formula is C21H19Cl3N6O3. The number of imidazole rings is 1. The van der Waals surface area contributed by atoms with Crippen molar-refractivity contribution >= 4 is 63.7 Å². The molecule has 1 aromatic carbocycles. The van der Waals surface area contributed by atoms with E-state index in [1.165, 1.54) is 21.9 Å². The van der Waals surface area contributed by atoms with Crippen molar-refractivity contribution in [1.29, 1.82) is 0 Å². The molecule has 33 heavy (non-hydrogen) atoms. The number of carbonyl (C=O) groups excluding carboxylic acids is 3. The van der Waals surface area contributed by atoms with Crippen LogP contribution in [0.1, 0.15) is 23.1 Å². The molecule has 0 bridgehead atoms. The molecule has 172 valence electrons. The number of urea groups is 1. The lowest BCUT2D eigenvalue weighted by Crippen LogP contribution is -2.45. The number of ketones is 1. The maximum atomic E-state index is 13.3. The fourth-order valence-electron chi connectivity index (χ4n) is 3.69. The third-order valence-electron chi connectivity index (χ3n) is 5.17. The zero-order valence-corrected chi connectivity index (χ0v) is 19.7. The number of H-pyrrole nitrogens is 1. The van der Waals surface area contributed by atoms with Gasteiger partial charge in [0.25, 0.3) is 0 Å². The van der Waals surface area contributed by atoms with E-state index in [1.807, 2.05) is 0 Å². The van der Waals surface area contributed by atoms with Crippen LogP contribution in [0.4, 0.5) is 4.79 Å². The minimum atomic E-state index is -0.907. The number of benzene rings is 1. The Hall–Kier alpha value is -2.88. The minimum Gasteiger partial charge on any atom is -0.355 e. The first-order valence-electron chi connectivity index (χ1n) is 10.1. The smallest absolute Gasteiger partial charge is 0.321 e. The van der Waals surface area contributed by atoms with E-state index in [9.17, 15) is 14.4 Å². The van der Waals surface area contributed by atoms with Gasteiger partial charge in [0, 0.05) is 17.1 Å². The van der Waals surface area contributed by atoms with E-state index in [-0.39, 0.29) is 41.9 Å². The molecule has 1 aliphatic rings. The van der Waals surface area contributed by atoms with Gasteiger partial charge < -0.3 is 20.1 Å². The molecule has 2 N–H and O–H groups in total. The van der Waals surface area contributed by atoms with Crippen LogP contribution in [0.2, 0.25) is 15.2 Å². The molecule has 0 aliphatic carbocycles. The molecule has 3 amide bonds. The molecule has 3 aromatic rings. The van der Waals surface area contributed by atoms with Crippen molar-refractivity contribution in [1.82, 2.24) is 30.1 Å². The minimum absolute atomic E-state index is 0.0568. The molecule has 0 radical (unpaired) electrons. The van der Waals surface area contributed by atoms with Crippen LogP contribution in [0.15, 0.2) is 30.3 Å². The van der Waals surface area contributed by atoms with Gasteiger partial charge in [0.05, 0.1) is 18.1 Å². The van der Waals surface area contributed by atoms with E-state index in [4.69, 9.17) is 34.8 Å². The lowest BCUT2D eigenvalue weighted by molar-refractivity contribution is -0.121. The van der Waals surface area contributed by atoms with Crippen molar-refractivity contribution in [3.8, 4) is 0 Å². The number of likely N-dealkylation sites (N-methyl/N-ethyl adjacent to an activating group) is 1. The van der Waals surface area contributed by atoms with Crippen molar-refractivity contribution < 1.29 is 14.4 Å². The maximum absolute atomic E-state index is 13.3. The second kappa shape index (κ2) is 9.54. The summed E-state index contributed by atoms with van der Waals surface area (Å²) in [4.78, 5) is 53.1. The number of aromatic nitrogens is 3. The molecule has 0 saturated carbocycles. The number of carbonyl (C=O) groups is 3. The Kier molecular flexibility index (Phi) is 6.73. The number of Topliss-reactive ketones (excluding diaryl/α,β-unsaturated/α-hetero) is 1. The van der Waals surface area contributed by atoms with Crippen molar-refractivity contribution in [2.75, 3.05) is 19.6 Å². The van der Waals surface area contributed by atoms with Crippen molar-refractivity contribution in [2.24, 2.45) is 0 Å². The standard InChI is InChI=1S/C21H19Cl3N6O3/c1-2-25-18(31)10-30-15(19(32)12-4-3-11(22)7-13(12)23)8-29(21(30)33)9-17-26-14-5-6-16(24)27-20(14)28-17/h3-7,15H,2,8-10H2,1H3,(H,25,31)(H,26,27,28). The average Bonchev–Trinajstić information content (AvgIpc) is 3.29. The van der Waals surface area contributed by atoms with Gasteiger partial charge in [-0.1, -0.05) is 34.8 Å². The van der Waals surface area contributed by atoms with Crippen LogP contribution >= 0.6 is 34.8 Å². The number of amides is 3. The van der Waals surface area contributed by atoms with E-state index in [1.54, 1.807) is 25.1 Å². The number of nitrogens with zero attached hydrogens (tertiary/aromatic N) is 4. The number of aromatic amines is 1. The van der Waals surface area contributed by atoms with Gasteiger partial charge in [-0.15, -0.1) is 0 Å². The van der Waals surface area contributed by atoms with Gasteiger partial charge in [-0.05, 0) is 37.3 Å². The molecule has 9 nitrogen and oxygen atoms in total. The molecule has 1 fully saturated rings. The van der Waals surface area contributed by atoms with Gasteiger partial charge in [0.15, 0.2) is 11.4 Å². The zero-order valence-electron chi connectivity index (χ0n) is 17.4. The second-order valence-corrected chi connectivity index (χ2v) is 8.66. The van der Waals surface area contributed by atoms with Gasteiger partial charge in [0.1, 0.15) is 29.1 Å². The Bertz CT molecular complexity index is 1250. The normalized spacial score (nSPS) is 16.0. The van der Waals surface area contributed by atoms with Crippen LogP contribution in [0.5, 0.6) is 0 Å². The van der Waals surface area contributed by atoms with Crippen LogP contribution in [-0.4, -0.2) is 68.1 Å². The Labute approximate surface area is 204 Å². The predicted molar refractivity (Wildman–Crippen MR) is 125 cm³/mol. The van der Waals surface area contributed by atoms with Crippen molar-refractivity contribution in [2.45, 2.75) is 19.5 Å². The monoisotopic (exact) mass is 508 g/mol. The first kappa shape index (κ1) is 23.3. The molecule has 1 atom stereocenters. The highest BCUT2D eigenvalue weighted by Gasteiger charge is 2.43. The summed E-state index contributed by atoms with van der Waals surface area (Å²) in [5.41, 5.74) is 1.31. The molecule has 1 saturated heterocycles. The van der Waals surface area contributed by atoms with Crippen LogP contribution in [0, 0.1) is 0 Å². The molecule has 2 aromatic heterocycles. The van der Waals surface area contributed by atoms with Crippen molar-refractivity contribution in [3.63, 3.8) is 0 Å². The molecule has 12 heteroatoms. The van der Waals surface area contributed by atoms with Crippen LogP contribution in [0.3, 0.4) is 0 Å². The number of pyridine rings is 1. The van der Waals surface area contributed by atoms with Gasteiger partial charge in [0.2, 0.25) is 5.91 Å². The molecule has 4 rings (SSSR count). The van der Waals surface area contributed by atoms with Crippen LogP contribution in [-0.2, 0) is 11.3 Å². The zero-order chi connectivity index (χ0) is 23.7. The number of fused-ring (bicyclic) bond motifs is 1. The quantitative estimate of drug-likeness (QED) is 0.374. The number of halogens is 3. The van der Waals surface area contributed by atoms with E-state index in [0.29, 0.717) is 33.7 Å². The molecule has 0 spiro atoms. The van der Waals surface area contributed by atoms with Gasteiger partial charge >= 0.3 is 6.03 Å². The number of hydrogen-bond donors (Lipinski definition) is 2. The SMILES string of the molecule is CCNC(=O)CN1C(=O)N(Cc2nc3ccc(Cl)nc3[nH]2)CC1C(=O)c1ccc(Cl)cc1Cl. The number of rotatable bonds is 7. The third-order valence-corrected chi connectivity index (χ3v) is 5.93. The average molecular weight is 510 g/mol. The van der Waals surface area contributed by atoms with Crippen LogP contribution in [0.25, 0.3) is 11.2 Å². The summed E-state index contributed by atoms with van der Waals surface area (Å²) < 4.78 is 0. The lowest BCUT2D eigenvalue weighted by Gasteiger charge is -2.22. The molecule has 1 aliphatic heterocycles. The summed E-state index contributed by atoms with van der Waals surface area (Å²) in [6, 6.07) is 6.49. The first-order chi connectivity index (χ1) is 15.8. The van der Waals surface area contributed by atoms with E-state index >= 15 is 0 Å². The second-order valence-electron chi connectivity index (χ2n) is 7.43. The Morgan fingerprint density at radius 1 is 1.18 bits per heavy atom. The molecule has 1 unspecified atom stereocenters. The fraction of sp³-hybridized carbons (Fsp3) is 0.286. The van der Waals surface area contributed by atoms with Gasteiger partial charge in [-0.3, -0.25) is 9.59 Å². The van der Waals surface area contributed by atoms with Gasteiger partial charge in [-0.2, -0.15) is 0 Å². The number of nitrogens with one attached hydrogen (secondary N) is 2. The topological polar surface area (TPSA) is 111 Å². The highest BCUT2D eigenvalue weighted by molar-refractivity contribution is 6.37. The largest absolute Gasteiger partial charge is 0.355 e. The summed E-state index contributed by atoms with van der Waals surface area (Å²) in [6.07, 6.45) is 0. The highest BCUT2D eigenvalue weighted by Crippen LogP contribution is 2.27. The summed E-state index contributed by atoms with van der Waals surface area (Å²) in [6.45, 7) is 2.06. The van der Waals surface area contributed by atoms with Crippen LogP contribution < -0.4 is 5.32 Å². The summed E-state index contributed by atoms with van der Waals surface area (Å²) >= 11 is 18.1. The predicted octanol–water partition coefficient (Wildman–Crippen LogP) is 3.54. The molecule has 3 heterocycles. The fourth-order valence-corrected chi connectivity index (χ4v) is 4.34. The summed E-state index contributed by atoms with van der Waals surface area (Å²) in [5.74, 6) is -0.270. The van der Waals surface area contributed by atoms with Crippen molar-refractivity contribution in [3.05, 3.63) is 56.9 Å². The van der Waals surface area contributed by atoms with E-state index < -0.39 is 12.1 Å².